The van der Waals surface area contributed by atoms with Crippen LogP contribution in [0.3, 0.4) is 0 Å². The molecule has 0 aromatic heterocycles. The summed E-state index contributed by atoms with van der Waals surface area (Å²) in [6.45, 7) is 3.37. The van der Waals surface area contributed by atoms with Gasteiger partial charge in [-0.1, -0.05) is 37.3 Å². The van der Waals surface area contributed by atoms with Gasteiger partial charge in [0.15, 0.2) is 0 Å². The monoisotopic (exact) mass is 456 g/mol. The van der Waals surface area contributed by atoms with Crippen LogP contribution in [0.25, 0.3) is 0 Å². The topological polar surface area (TPSA) is 75.7 Å². The van der Waals surface area contributed by atoms with E-state index in [2.05, 4.69) is 5.32 Å². The number of aryl methyl sites for hydroxylation is 2. The first kappa shape index (κ1) is 23.3. The molecular weight excluding hydrogens is 431 g/mol. The van der Waals surface area contributed by atoms with Gasteiger partial charge in [0.2, 0.25) is 5.91 Å². The van der Waals surface area contributed by atoms with Crippen LogP contribution < -0.4 is 14.4 Å². The first-order valence-corrected chi connectivity index (χ1v) is 11.5. The quantitative estimate of drug-likeness (QED) is 0.540. The number of hydrogen-bond acceptors (Lipinski definition) is 4. The molecule has 0 heterocycles. The Morgan fingerprint density at radius 1 is 1.03 bits per heavy atom. The standard InChI is InChI=1S/C24H25FN2O4S/c1-4-18-9-7-8-17(2)24(18)26-23(28)16-27(21-10-5-6-11-22(21)31-3)32(29,30)20-14-12-19(25)13-15-20/h5-15H,4,16H2,1-3H3,(H,26,28). The lowest BCUT2D eigenvalue weighted by Crippen LogP contribution is -2.38. The average Bonchev–Trinajstić information content (AvgIpc) is 2.79. The molecule has 6 nitrogen and oxygen atoms in total. The van der Waals surface area contributed by atoms with E-state index in [-0.39, 0.29) is 16.3 Å². The average molecular weight is 457 g/mol. The molecule has 3 aromatic carbocycles. The van der Waals surface area contributed by atoms with Crippen LogP contribution in [0, 0.1) is 12.7 Å². The molecule has 0 aliphatic carbocycles. The van der Waals surface area contributed by atoms with Crippen LogP contribution in [-0.4, -0.2) is 28.0 Å². The van der Waals surface area contributed by atoms with Crippen molar-refractivity contribution in [3.63, 3.8) is 0 Å². The largest absolute Gasteiger partial charge is 0.495 e. The highest BCUT2D eigenvalue weighted by Gasteiger charge is 2.29. The van der Waals surface area contributed by atoms with Gasteiger partial charge < -0.3 is 10.1 Å². The van der Waals surface area contributed by atoms with E-state index in [0.29, 0.717) is 12.1 Å². The molecule has 0 unspecified atom stereocenters. The third kappa shape index (κ3) is 4.91. The summed E-state index contributed by atoms with van der Waals surface area (Å²) in [7, 11) is -2.77. The first-order chi connectivity index (χ1) is 15.3. The number of amides is 1. The fraction of sp³-hybridized carbons (Fsp3) is 0.208. The fourth-order valence-corrected chi connectivity index (χ4v) is 4.81. The van der Waals surface area contributed by atoms with Crippen LogP contribution >= 0.6 is 0 Å². The second-order valence-electron chi connectivity index (χ2n) is 7.15. The summed E-state index contributed by atoms with van der Waals surface area (Å²) in [5.41, 5.74) is 2.70. The molecule has 0 saturated carbocycles. The van der Waals surface area contributed by atoms with Crippen molar-refractivity contribution in [2.45, 2.75) is 25.2 Å². The van der Waals surface area contributed by atoms with Gasteiger partial charge in [0, 0.05) is 5.69 Å². The van der Waals surface area contributed by atoms with E-state index in [4.69, 9.17) is 4.74 Å². The van der Waals surface area contributed by atoms with E-state index < -0.39 is 28.3 Å². The first-order valence-electron chi connectivity index (χ1n) is 10.1. The second-order valence-corrected chi connectivity index (χ2v) is 9.01. The SMILES string of the molecule is CCc1cccc(C)c1NC(=O)CN(c1ccccc1OC)S(=O)(=O)c1ccc(F)cc1. The normalized spacial score (nSPS) is 11.1. The van der Waals surface area contributed by atoms with Crippen molar-refractivity contribution in [2.75, 3.05) is 23.3 Å². The smallest absolute Gasteiger partial charge is 0.264 e. The van der Waals surface area contributed by atoms with Gasteiger partial charge in [-0.3, -0.25) is 9.10 Å². The van der Waals surface area contributed by atoms with Crippen molar-refractivity contribution >= 4 is 27.3 Å². The van der Waals surface area contributed by atoms with E-state index in [1.165, 1.54) is 19.2 Å². The molecule has 32 heavy (non-hydrogen) atoms. The van der Waals surface area contributed by atoms with Crippen molar-refractivity contribution in [3.05, 3.63) is 83.7 Å². The number of anilines is 2. The number of carbonyl (C=O) groups excluding carboxylic acids is 1. The lowest BCUT2D eigenvalue weighted by atomic mass is 10.1. The highest BCUT2D eigenvalue weighted by molar-refractivity contribution is 7.92. The number of ether oxygens (including phenoxy) is 1. The molecule has 3 aromatic rings. The van der Waals surface area contributed by atoms with Crippen molar-refractivity contribution in [3.8, 4) is 5.75 Å². The molecule has 1 N–H and O–H groups in total. The molecule has 0 aliphatic rings. The number of nitrogens with one attached hydrogen (secondary N) is 1. The number of carbonyl (C=O) groups is 1. The summed E-state index contributed by atoms with van der Waals surface area (Å²) in [6, 6.07) is 16.7. The highest BCUT2D eigenvalue weighted by Crippen LogP contribution is 2.32. The maximum atomic E-state index is 13.5. The molecule has 3 rings (SSSR count). The third-order valence-corrected chi connectivity index (χ3v) is 6.82. The van der Waals surface area contributed by atoms with Crippen LogP contribution in [-0.2, 0) is 21.2 Å². The van der Waals surface area contributed by atoms with Gasteiger partial charge in [-0.2, -0.15) is 0 Å². The molecule has 1 amide bonds. The molecule has 8 heteroatoms. The molecule has 0 bridgehead atoms. The Hall–Kier alpha value is -3.39. The van der Waals surface area contributed by atoms with Crippen LogP contribution in [0.2, 0.25) is 0 Å². The fourth-order valence-electron chi connectivity index (χ4n) is 3.38. The van der Waals surface area contributed by atoms with Crippen LogP contribution in [0.4, 0.5) is 15.8 Å². The maximum absolute atomic E-state index is 13.5. The van der Waals surface area contributed by atoms with E-state index >= 15 is 0 Å². The molecule has 0 radical (unpaired) electrons. The number of nitrogens with zero attached hydrogens (tertiary/aromatic N) is 1. The molecule has 0 spiro atoms. The van der Waals surface area contributed by atoms with Gasteiger partial charge in [-0.25, -0.2) is 12.8 Å². The van der Waals surface area contributed by atoms with E-state index in [0.717, 1.165) is 27.6 Å². The predicted octanol–water partition coefficient (Wildman–Crippen LogP) is 4.54. The van der Waals surface area contributed by atoms with E-state index in [9.17, 15) is 17.6 Å². The van der Waals surface area contributed by atoms with E-state index in [1.807, 2.05) is 32.0 Å². The number of halogens is 1. The van der Waals surface area contributed by atoms with Gasteiger partial charge in [0.1, 0.15) is 18.1 Å². The predicted molar refractivity (Wildman–Crippen MR) is 123 cm³/mol. The summed E-state index contributed by atoms with van der Waals surface area (Å²) in [4.78, 5) is 12.9. The lowest BCUT2D eigenvalue weighted by molar-refractivity contribution is -0.114. The van der Waals surface area contributed by atoms with Gasteiger partial charge >= 0.3 is 0 Å². The van der Waals surface area contributed by atoms with Crippen LogP contribution in [0.15, 0.2) is 71.6 Å². The van der Waals surface area contributed by atoms with Crippen LogP contribution in [0.5, 0.6) is 5.75 Å². The molecule has 0 saturated heterocycles. The molecule has 168 valence electrons. The zero-order valence-corrected chi connectivity index (χ0v) is 18.9. The van der Waals surface area contributed by atoms with Gasteiger partial charge in [0.05, 0.1) is 17.7 Å². The number of methoxy groups -OCH3 is 1. The molecule has 0 atom stereocenters. The number of rotatable bonds is 8. The Morgan fingerprint density at radius 3 is 2.38 bits per heavy atom. The summed E-state index contributed by atoms with van der Waals surface area (Å²) in [6.07, 6.45) is 0.710. The zero-order valence-electron chi connectivity index (χ0n) is 18.1. The number of sulfonamides is 1. The minimum absolute atomic E-state index is 0.136. The highest BCUT2D eigenvalue weighted by atomic mass is 32.2. The molecular formula is C24H25FN2O4S. The molecule has 0 aliphatic heterocycles. The Labute approximate surface area is 187 Å². The van der Waals surface area contributed by atoms with Crippen molar-refractivity contribution in [2.24, 2.45) is 0 Å². The molecule has 0 fully saturated rings. The minimum atomic E-state index is -4.19. The summed E-state index contributed by atoms with van der Waals surface area (Å²) in [5, 5.41) is 2.85. The Bertz CT molecular complexity index is 1210. The zero-order chi connectivity index (χ0) is 23.3. The Morgan fingerprint density at radius 2 is 1.72 bits per heavy atom. The Kier molecular flexibility index (Phi) is 7.15. The number of para-hydroxylation sites is 3. The lowest BCUT2D eigenvalue weighted by Gasteiger charge is -2.26. The number of hydrogen-bond donors (Lipinski definition) is 1. The summed E-state index contributed by atoms with van der Waals surface area (Å²) < 4.78 is 46.6. The number of benzene rings is 3. The summed E-state index contributed by atoms with van der Waals surface area (Å²) in [5.74, 6) is -0.779. The van der Waals surface area contributed by atoms with Crippen LogP contribution in [0.1, 0.15) is 18.1 Å². The van der Waals surface area contributed by atoms with Crippen molar-refractivity contribution in [1.82, 2.24) is 0 Å². The van der Waals surface area contributed by atoms with Crippen molar-refractivity contribution < 1.29 is 22.3 Å². The van der Waals surface area contributed by atoms with Gasteiger partial charge in [-0.05, 0) is 60.9 Å². The summed E-state index contributed by atoms with van der Waals surface area (Å²) >= 11 is 0. The van der Waals surface area contributed by atoms with E-state index in [1.54, 1.807) is 24.3 Å². The maximum Gasteiger partial charge on any atom is 0.264 e. The van der Waals surface area contributed by atoms with Gasteiger partial charge in [0.25, 0.3) is 10.0 Å². The second kappa shape index (κ2) is 9.82. The van der Waals surface area contributed by atoms with Gasteiger partial charge in [-0.15, -0.1) is 0 Å². The Balaban J connectivity index is 2.02. The third-order valence-electron chi connectivity index (χ3n) is 5.05. The minimum Gasteiger partial charge on any atom is -0.495 e. The van der Waals surface area contributed by atoms with Crippen molar-refractivity contribution in [1.29, 1.82) is 0 Å².